The fourth-order valence-corrected chi connectivity index (χ4v) is 1.33. The predicted octanol–water partition coefficient (Wildman–Crippen LogP) is 2.25. The molecule has 0 bridgehead atoms. The van der Waals surface area contributed by atoms with Gasteiger partial charge in [-0.05, 0) is 31.8 Å². The maximum absolute atomic E-state index is 12.6. The standard InChI is InChI=1S/C9H11F3N2/c1-14(2)8(9(10,11)12)7-3-5-13-6-4-7/h3-6,8H,1-2H3. The summed E-state index contributed by atoms with van der Waals surface area (Å²) in [6.07, 6.45) is -1.54. The summed E-state index contributed by atoms with van der Waals surface area (Å²) in [7, 11) is 2.80. The van der Waals surface area contributed by atoms with E-state index in [4.69, 9.17) is 0 Å². The molecule has 1 heterocycles. The fourth-order valence-electron chi connectivity index (χ4n) is 1.33. The Morgan fingerprint density at radius 1 is 1.21 bits per heavy atom. The highest BCUT2D eigenvalue weighted by atomic mass is 19.4. The van der Waals surface area contributed by atoms with Crippen molar-refractivity contribution in [2.45, 2.75) is 12.2 Å². The Kier molecular flexibility index (Phi) is 3.10. The van der Waals surface area contributed by atoms with Gasteiger partial charge in [0.05, 0.1) is 0 Å². The van der Waals surface area contributed by atoms with Crippen LogP contribution >= 0.6 is 0 Å². The van der Waals surface area contributed by atoms with Gasteiger partial charge < -0.3 is 0 Å². The SMILES string of the molecule is CN(C)C(c1ccncc1)C(F)(F)F. The number of alkyl halides is 3. The van der Waals surface area contributed by atoms with Gasteiger partial charge in [-0.1, -0.05) is 0 Å². The van der Waals surface area contributed by atoms with Crippen LogP contribution < -0.4 is 0 Å². The number of hydrogen-bond acceptors (Lipinski definition) is 2. The van der Waals surface area contributed by atoms with Crippen LogP contribution in [-0.4, -0.2) is 30.2 Å². The van der Waals surface area contributed by atoms with Gasteiger partial charge in [-0.25, -0.2) is 0 Å². The van der Waals surface area contributed by atoms with Gasteiger partial charge >= 0.3 is 6.18 Å². The van der Waals surface area contributed by atoms with Crippen molar-refractivity contribution in [1.29, 1.82) is 0 Å². The molecule has 1 unspecified atom stereocenters. The van der Waals surface area contributed by atoms with Gasteiger partial charge in [-0.15, -0.1) is 0 Å². The summed E-state index contributed by atoms with van der Waals surface area (Å²) in [5.41, 5.74) is 0.206. The molecule has 0 aliphatic rings. The normalized spacial score (nSPS) is 14.4. The third kappa shape index (κ3) is 2.45. The molecule has 1 rings (SSSR count). The van der Waals surface area contributed by atoms with E-state index in [9.17, 15) is 13.2 Å². The summed E-state index contributed by atoms with van der Waals surface area (Å²) in [6.45, 7) is 0. The first-order valence-corrected chi connectivity index (χ1v) is 4.06. The lowest BCUT2D eigenvalue weighted by atomic mass is 10.1. The first-order chi connectivity index (χ1) is 6.43. The average Bonchev–Trinajstić information content (AvgIpc) is 2.02. The molecule has 1 aromatic rings. The Labute approximate surface area is 80.4 Å². The van der Waals surface area contributed by atoms with Crippen LogP contribution in [0.5, 0.6) is 0 Å². The Morgan fingerprint density at radius 3 is 2.07 bits per heavy atom. The third-order valence-corrected chi connectivity index (χ3v) is 1.85. The summed E-state index contributed by atoms with van der Waals surface area (Å²) < 4.78 is 37.8. The molecular weight excluding hydrogens is 193 g/mol. The highest BCUT2D eigenvalue weighted by Crippen LogP contribution is 2.35. The van der Waals surface area contributed by atoms with Crippen LogP contribution in [0.25, 0.3) is 0 Å². The van der Waals surface area contributed by atoms with E-state index in [2.05, 4.69) is 4.98 Å². The number of aromatic nitrogens is 1. The topological polar surface area (TPSA) is 16.1 Å². The van der Waals surface area contributed by atoms with Gasteiger partial charge in [0.1, 0.15) is 6.04 Å². The van der Waals surface area contributed by atoms with Gasteiger partial charge in [-0.2, -0.15) is 13.2 Å². The van der Waals surface area contributed by atoms with E-state index < -0.39 is 12.2 Å². The zero-order valence-corrected chi connectivity index (χ0v) is 7.92. The zero-order valence-electron chi connectivity index (χ0n) is 7.92. The molecule has 0 radical (unpaired) electrons. The lowest BCUT2D eigenvalue weighted by Gasteiger charge is -2.26. The Morgan fingerprint density at radius 2 is 1.71 bits per heavy atom. The molecule has 1 atom stereocenters. The van der Waals surface area contributed by atoms with Crippen LogP contribution in [0.15, 0.2) is 24.5 Å². The minimum absolute atomic E-state index is 0.206. The van der Waals surface area contributed by atoms with Crippen molar-refractivity contribution < 1.29 is 13.2 Å². The highest BCUT2D eigenvalue weighted by Gasteiger charge is 2.42. The van der Waals surface area contributed by atoms with E-state index in [1.54, 1.807) is 0 Å². The molecule has 1 aromatic heterocycles. The highest BCUT2D eigenvalue weighted by molar-refractivity contribution is 5.16. The average molecular weight is 204 g/mol. The molecular formula is C9H11F3N2. The van der Waals surface area contributed by atoms with Crippen molar-refractivity contribution in [2.24, 2.45) is 0 Å². The molecule has 0 aliphatic carbocycles. The van der Waals surface area contributed by atoms with E-state index in [0.29, 0.717) is 0 Å². The Bertz CT molecular complexity index is 282. The van der Waals surface area contributed by atoms with Crippen molar-refractivity contribution >= 4 is 0 Å². The summed E-state index contributed by atoms with van der Waals surface area (Å²) >= 11 is 0. The predicted molar refractivity (Wildman–Crippen MR) is 46.7 cm³/mol. The number of nitrogens with zero attached hydrogens (tertiary/aromatic N) is 2. The number of pyridine rings is 1. The second kappa shape index (κ2) is 3.96. The van der Waals surface area contributed by atoms with E-state index in [-0.39, 0.29) is 5.56 Å². The largest absolute Gasteiger partial charge is 0.408 e. The van der Waals surface area contributed by atoms with Crippen LogP contribution in [0.3, 0.4) is 0 Å². The van der Waals surface area contributed by atoms with Crippen LogP contribution in [0, 0.1) is 0 Å². The third-order valence-electron chi connectivity index (χ3n) is 1.85. The molecule has 0 aromatic carbocycles. The van der Waals surface area contributed by atoms with E-state index >= 15 is 0 Å². The van der Waals surface area contributed by atoms with Crippen molar-refractivity contribution in [1.82, 2.24) is 9.88 Å². The molecule has 0 saturated carbocycles. The van der Waals surface area contributed by atoms with E-state index in [1.807, 2.05) is 0 Å². The van der Waals surface area contributed by atoms with Crippen LogP contribution in [0.1, 0.15) is 11.6 Å². The summed E-state index contributed by atoms with van der Waals surface area (Å²) in [5.74, 6) is 0. The second-order valence-corrected chi connectivity index (χ2v) is 3.19. The fraction of sp³-hybridized carbons (Fsp3) is 0.444. The maximum atomic E-state index is 12.6. The molecule has 14 heavy (non-hydrogen) atoms. The zero-order chi connectivity index (χ0) is 10.8. The molecule has 0 fully saturated rings. The second-order valence-electron chi connectivity index (χ2n) is 3.19. The van der Waals surface area contributed by atoms with Crippen LogP contribution in [-0.2, 0) is 0 Å². The molecule has 0 aliphatic heterocycles. The first kappa shape index (κ1) is 11.0. The summed E-state index contributed by atoms with van der Waals surface area (Å²) in [4.78, 5) is 4.82. The summed E-state index contributed by atoms with van der Waals surface area (Å²) in [5, 5.41) is 0. The van der Waals surface area contributed by atoms with Crippen molar-refractivity contribution in [2.75, 3.05) is 14.1 Å². The van der Waals surface area contributed by atoms with Crippen LogP contribution in [0.2, 0.25) is 0 Å². The molecule has 0 spiro atoms. The quantitative estimate of drug-likeness (QED) is 0.734. The van der Waals surface area contributed by atoms with Gasteiger partial charge in [0.2, 0.25) is 0 Å². The number of rotatable bonds is 2. The lowest BCUT2D eigenvalue weighted by Crippen LogP contribution is -2.33. The van der Waals surface area contributed by atoms with Crippen LogP contribution in [0.4, 0.5) is 13.2 Å². The van der Waals surface area contributed by atoms with E-state index in [0.717, 1.165) is 4.90 Å². The molecule has 2 nitrogen and oxygen atoms in total. The lowest BCUT2D eigenvalue weighted by molar-refractivity contribution is -0.179. The molecule has 0 amide bonds. The monoisotopic (exact) mass is 204 g/mol. The Balaban J connectivity index is 3.02. The van der Waals surface area contributed by atoms with Gasteiger partial charge in [0.15, 0.2) is 0 Å². The molecule has 78 valence electrons. The molecule has 0 N–H and O–H groups in total. The van der Waals surface area contributed by atoms with Crippen molar-refractivity contribution in [3.8, 4) is 0 Å². The number of halogens is 3. The summed E-state index contributed by atoms with van der Waals surface area (Å²) in [6, 6.07) is 1.18. The molecule has 5 heteroatoms. The van der Waals surface area contributed by atoms with Gasteiger partial charge in [0, 0.05) is 12.4 Å². The van der Waals surface area contributed by atoms with Crippen molar-refractivity contribution in [3.05, 3.63) is 30.1 Å². The van der Waals surface area contributed by atoms with Gasteiger partial charge in [-0.3, -0.25) is 9.88 Å². The minimum Gasteiger partial charge on any atom is -0.295 e. The maximum Gasteiger partial charge on any atom is 0.408 e. The first-order valence-electron chi connectivity index (χ1n) is 4.06. The van der Waals surface area contributed by atoms with Gasteiger partial charge in [0.25, 0.3) is 0 Å². The van der Waals surface area contributed by atoms with Crippen molar-refractivity contribution in [3.63, 3.8) is 0 Å². The Hall–Kier alpha value is -1.10. The van der Waals surface area contributed by atoms with E-state index in [1.165, 1.54) is 38.6 Å². The minimum atomic E-state index is -4.26. The number of hydrogen-bond donors (Lipinski definition) is 0. The smallest absolute Gasteiger partial charge is 0.295 e. The molecule has 0 saturated heterocycles.